The number of aliphatic hydroxyl groups excluding tert-OH is 1. The topological polar surface area (TPSA) is 84.6 Å². The highest BCUT2D eigenvalue weighted by Gasteiger charge is 2.14. The van der Waals surface area contributed by atoms with Gasteiger partial charge in [-0.05, 0) is 17.2 Å². The molecule has 5 heteroatoms. The fraction of sp³-hybridized carbons (Fsp3) is 0.417. The second kappa shape index (κ2) is 5.16. The van der Waals surface area contributed by atoms with Crippen molar-refractivity contribution in [3.8, 4) is 5.75 Å². The summed E-state index contributed by atoms with van der Waals surface area (Å²) in [6.07, 6.45) is -0.226. The van der Waals surface area contributed by atoms with Crippen LogP contribution in [0.25, 0.3) is 0 Å². The molecule has 0 bridgehead atoms. The van der Waals surface area contributed by atoms with E-state index in [0.29, 0.717) is 6.54 Å². The van der Waals surface area contributed by atoms with Crippen molar-refractivity contribution in [2.24, 2.45) is 5.73 Å². The lowest BCUT2D eigenvalue weighted by atomic mass is 10.1. The molecule has 1 aromatic rings. The van der Waals surface area contributed by atoms with Crippen LogP contribution in [0.15, 0.2) is 18.2 Å². The van der Waals surface area contributed by atoms with Gasteiger partial charge < -0.3 is 20.9 Å². The van der Waals surface area contributed by atoms with Crippen molar-refractivity contribution in [2.75, 3.05) is 13.2 Å². The van der Waals surface area contributed by atoms with E-state index in [-0.39, 0.29) is 6.54 Å². The number of hydrogen-bond donors (Lipinski definition) is 3. The number of aliphatic hydroxyl groups is 1. The zero-order valence-corrected chi connectivity index (χ0v) is 9.48. The van der Waals surface area contributed by atoms with Crippen LogP contribution in [0.5, 0.6) is 5.75 Å². The molecule has 1 atom stereocenters. The number of nitrogens with two attached hydrogens (primary N) is 1. The van der Waals surface area contributed by atoms with Gasteiger partial charge in [-0.1, -0.05) is 12.1 Å². The Bertz CT molecular complexity index is 420. The second-order valence-electron chi connectivity index (χ2n) is 4.01. The zero-order chi connectivity index (χ0) is 12.3. The van der Waals surface area contributed by atoms with Gasteiger partial charge in [0.1, 0.15) is 11.9 Å². The van der Waals surface area contributed by atoms with Crippen molar-refractivity contribution in [3.63, 3.8) is 0 Å². The van der Waals surface area contributed by atoms with Gasteiger partial charge in [-0.15, -0.1) is 0 Å². The molecule has 4 N–H and O–H groups in total. The Morgan fingerprint density at radius 3 is 3.18 bits per heavy atom. The van der Waals surface area contributed by atoms with Gasteiger partial charge in [0.2, 0.25) is 5.91 Å². The molecule has 5 nitrogen and oxygen atoms in total. The SMILES string of the molecule is NCC(O)C(=O)NCc1ccc2c(c1)CCO2. The number of nitrogens with one attached hydrogen (secondary N) is 1. The molecule has 0 fully saturated rings. The van der Waals surface area contributed by atoms with Crippen molar-refractivity contribution in [1.29, 1.82) is 0 Å². The number of ether oxygens (including phenoxy) is 1. The molecular formula is C12H16N2O3. The minimum absolute atomic E-state index is 0.0656. The van der Waals surface area contributed by atoms with Gasteiger partial charge in [-0.2, -0.15) is 0 Å². The lowest BCUT2D eigenvalue weighted by Crippen LogP contribution is -2.38. The van der Waals surface area contributed by atoms with E-state index in [9.17, 15) is 9.90 Å². The van der Waals surface area contributed by atoms with E-state index < -0.39 is 12.0 Å². The van der Waals surface area contributed by atoms with Gasteiger partial charge in [-0.25, -0.2) is 0 Å². The fourth-order valence-electron chi connectivity index (χ4n) is 1.76. The summed E-state index contributed by atoms with van der Waals surface area (Å²) in [6, 6.07) is 5.82. The van der Waals surface area contributed by atoms with Crippen molar-refractivity contribution in [1.82, 2.24) is 5.32 Å². The lowest BCUT2D eigenvalue weighted by Gasteiger charge is -2.09. The summed E-state index contributed by atoms with van der Waals surface area (Å²) in [7, 11) is 0. The smallest absolute Gasteiger partial charge is 0.250 e. The summed E-state index contributed by atoms with van der Waals surface area (Å²) >= 11 is 0. The molecule has 0 aromatic heterocycles. The Balaban J connectivity index is 1.93. The molecule has 0 spiro atoms. The third kappa shape index (κ3) is 2.75. The average Bonchev–Trinajstić information content (AvgIpc) is 2.82. The van der Waals surface area contributed by atoms with Gasteiger partial charge in [0, 0.05) is 19.5 Å². The van der Waals surface area contributed by atoms with Crippen molar-refractivity contribution >= 4 is 5.91 Å². The lowest BCUT2D eigenvalue weighted by molar-refractivity contribution is -0.128. The summed E-state index contributed by atoms with van der Waals surface area (Å²) in [5, 5.41) is 11.8. The summed E-state index contributed by atoms with van der Waals surface area (Å²) in [5.74, 6) is 0.478. The summed E-state index contributed by atoms with van der Waals surface area (Å²) < 4.78 is 5.39. The van der Waals surface area contributed by atoms with E-state index in [0.717, 1.165) is 29.9 Å². The van der Waals surface area contributed by atoms with Gasteiger partial charge in [0.05, 0.1) is 6.61 Å². The number of carbonyl (C=O) groups is 1. The third-order valence-electron chi connectivity index (χ3n) is 2.75. The number of hydrogen-bond acceptors (Lipinski definition) is 4. The van der Waals surface area contributed by atoms with E-state index in [1.807, 2.05) is 18.2 Å². The maximum Gasteiger partial charge on any atom is 0.250 e. The van der Waals surface area contributed by atoms with Crippen LogP contribution in [-0.4, -0.2) is 30.3 Å². The summed E-state index contributed by atoms with van der Waals surface area (Å²) in [6.45, 7) is 1.05. The first kappa shape index (κ1) is 11.9. The van der Waals surface area contributed by atoms with Crippen LogP contribution in [-0.2, 0) is 17.8 Å². The monoisotopic (exact) mass is 236 g/mol. The Morgan fingerprint density at radius 1 is 1.59 bits per heavy atom. The Morgan fingerprint density at radius 2 is 2.41 bits per heavy atom. The molecular weight excluding hydrogens is 220 g/mol. The van der Waals surface area contributed by atoms with Gasteiger partial charge >= 0.3 is 0 Å². The minimum Gasteiger partial charge on any atom is -0.493 e. The van der Waals surface area contributed by atoms with Crippen LogP contribution in [0.4, 0.5) is 0 Å². The summed E-state index contributed by atoms with van der Waals surface area (Å²) in [5.41, 5.74) is 7.34. The third-order valence-corrected chi connectivity index (χ3v) is 2.75. The largest absolute Gasteiger partial charge is 0.493 e. The Labute approximate surface area is 99.6 Å². The maximum atomic E-state index is 11.3. The fourth-order valence-corrected chi connectivity index (χ4v) is 1.76. The molecule has 1 amide bonds. The highest BCUT2D eigenvalue weighted by Crippen LogP contribution is 2.25. The molecule has 0 saturated heterocycles. The number of fused-ring (bicyclic) bond motifs is 1. The number of rotatable bonds is 4. The molecule has 1 aliphatic rings. The van der Waals surface area contributed by atoms with Crippen LogP contribution in [0.3, 0.4) is 0 Å². The standard InChI is InChI=1S/C12H16N2O3/c13-6-10(15)12(16)14-7-8-1-2-11-9(5-8)3-4-17-11/h1-2,5,10,15H,3-4,6-7,13H2,(H,14,16). The van der Waals surface area contributed by atoms with Crippen molar-refractivity contribution in [3.05, 3.63) is 29.3 Å². The number of benzene rings is 1. The normalized spacial score (nSPS) is 14.9. The van der Waals surface area contributed by atoms with Crippen LogP contribution in [0.1, 0.15) is 11.1 Å². The Kier molecular flexibility index (Phi) is 3.61. The molecule has 0 radical (unpaired) electrons. The van der Waals surface area contributed by atoms with Crippen LogP contribution in [0, 0.1) is 0 Å². The van der Waals surface area contributed by atoms with Gasteiger partial charge in [0.15, 0.2) is 0 Å². The van der Waals surface area contributed by atoms with Crippen LogP contribution in [0.2, 0.25) is 0 Å². The average molecular weight is 236 g/mol. The zero-order valence-electron chi connectivity index (χ0n) is 9.48. The van der Waals surface area contributed by atoms with E-state index in [1.165, 1.54) is 0 Å². The van der Waals surface area contributed by atoms with Crippen LogP contribution >= 0.6 is 0 Å². The molecule has 92 valence electrons. The predicted molar refractivity (Wildman–Crippen MR) is 62.5 cm³/mol. The number of carbonyl (C=O) groups excluding carboxylic acids is 1. The van der Waals surface area contributed by atoms with E-state index in [2.05, 4.69) is 5.32 Å². The van der Waals surface area contributed by atoms with Gasteiger partial charge in [-0.3, -0.25) is 4.79 Å². The first-order chi connectivity index (χ1) is 8.20. The van der Waals surface area contributed by atoms with Crippen LogP contribution < -0.4 is 15.8 Å². The molecule has 1 unspecified atom stereocenters. The van der Waals surface area contributed by atoms with E-state index in [1.54, 1.807) is 0 Å². The van der Waals surface area contributed by atoms with Gasteiger partial charge in [0.25, 0.3) is 0 Å². The molecule has 1 aliphatic heterocycles. The predicted octanol–water partition coefficient (Wildman–Crippen LogP) is -0.443. The van der Waals surface area contributed by atoms with Crippen molar-refractivity contribution in [2.45, 2.75) is 19.1 Å². The highest BCUT2D eigenvalue weighted by molar-refractivity contribution is 5.80. The maximum absolute atomic E-state index is 11.3. The number of amides is 1. The molecule has 1 heterocycles. The molecule has 17 heavy (non-hydrogen) atoms. The summed E-state index contributed by atoms with van der Waals surface area (Å²) in [4.78, 5) is 11.3. The molecule has 0 saturated carbocycles. The molecule has 0 aliphatic carbocycles. The first-order valence-corrected chi connectivity index (χ1v) is 5.61. The highest BCUT2D eigenvalue weighted by atomic mass is 16.5. The minimum atomic E-state index is -1.13. The molecule has 1 aromatic carbocycles. The van der Waals surface area contributed by atoms with E-state index >= 15 is 0 Å². The molecule has 2 rings (SSSR count). The van der Waals surface area contributed by atoms with Crippen molar-refractivity contribution < 1.29 is 14.6 Å². The second-order valence-corrected chi connectivity index (χ2v) is 4.01. The quantitative estimate of drug-likeness (QED) is 0.661. The Hall–Kier alpha value is -1.59. The first-order valence-electron chi connectivity index (χ1n) is 5.61. The van der Waals surface area contributed by atoms with E-state index in [4.69, 9.17) is 10.5 Å².